The van der Waals surface area contributed by atoms with Gasteiger partial charge in [0.05, 0.1) is 12.8 Å². The maximum absolute atomic E-state index is 13.6. The summed E-state index contributed by atoms with van der Waals surface area (Å²) in [6, 6.07) is 11.4. The maximum atomic E-state index is 13.6. The molecule has 3 rings (SSSR count). The lowest BCUT2D eigenvalue weighted by molar-refractivity contribution is 0.0943. The van der Waals surface area contributed by atoms with Crippen molar-refractivity contribution in [3.63, 3.8) is 0 Å². The number of fused-ring (bicyclic) bond motifs is 1. The Labute approximate surface area is 114 Å². The van der Waals surface area contributed by atoms with Gasteiger partial charge in [-0.05, 0) is 24.3 Å². The predicted molar refractivity (Wildman–Crippen MR) is 71.6 cm³/mol. The molecule has 1 N–H and O–H groups in total. The fourth-order valence-electron chi connectivity index (χ4n) is 1.91. The highest BCUT2D eigenvalue weighted by Crippen LogP contribution is 2.15. The lowest BCUT2D eigenvalue weighted by Crippen LogP contribution is -2.23. The van der Waals surface area contributed by atoms with Crippen LogP contribution in [0.5, 0.6) is 0 Å². The number of amides is 1. The van der Waals surface area contributed by atoms with E-state index >= 15 is 0 Å². The summed E-state index contributed by atoms with van der Waals surface area (Å²) >= 11 is 0. The molecule has 0 spiro atoms. The minimum absolute atomic E-state index is 0.175. The van der Waals surface area contributed by atoms with Crippen LogP contribution in [0, 0.1) is 5.82 Å². The van der Waals surface area contributed by atoms with Crippen LogP contribution in [0.4, 0.5) is 4.39 Å². The van der Waals surface area contributed by atoms with Crippen LogP contribution in [-0.4, -0.2) is 10.9 Å². The first-order valence-corrected chi connectivity index (χ1v) is 6.10. The van der Waals surface area contributed by atoms with Crippen LogP contribution in [0.2, 0.25) is 0 Å². The number of pyridine rings is 1. The Kier molecular flexibility index (Phi) is 3.16. The number of nitrogens with one attached hydrogen (secondary N) is 1. The first-order valence-electron chi connectivity index (χ1n) is 6.10. The van der Waals surface area contributed by atoms with Crippen molar-refractivity contribution in [3.8, 4) is 0 Å². The number of furan rings is 1. The topological polar surface area (TPSA) is 55.1 Å². The summed E-state index contributed by atoms with van der Waals surface area (Å²) in [5.41, 5.74) is 0.368. The predicted octanol–water partition coefficient (Wildman–Crippen LogP) is 2.90. The molecular formula is C15H11FN2O2. The molecule has 2 heterocycles. The van der Waals surface area contributed by atoms with Gasteiger partial charge in [0.15, 0.2) is 0 Å². The molecule has 0 fully saturated rings. The number of aromatic nitrogens is 1. The first-order chi connectivity index (χ1) is 9.74. The molecule has 2 aromatic heterocycles. The van der Waals surface area contributed by atoms with E-state index < -0.39 is 5.82 Å². The van der Waals surface area contributed by atoms with E-state index in [-0.39, 0.29) is 23.7 Å². The Morgan fingerprint density at radius 3 is 2.90 bits per heavy atom. The minimum Gasteiger partial charge on any atom is -0.467 e. The summed E-state index contributed by atoms with van der Waals surface area (Å²) in [7, 11) is 0. The summed E-state index contributed by atoms with van der Waals surface area (Å²) in [4.78, 5) is 16.0. The number of rotatable bonds is 3. The summed E-state index contributed by atoms with van der Waals surface area (Å²) in [6.45, 7) is 0.267. The Balaban J connectivity index is 1.82. The Hall–Kier alpha value is -2.69. The molecule has 0 saturated carbocycles. The van der Waals surface area contributed by atoms with E-state index in [1.807, 2.05) is 0 Å². The lowest BCUT2D eigenvalue weighted by Gasteiger charge is -2.04. The molecule has 0 aliphatic carbocycles. The van der Waals surface area contributed by atoms with Gasteiger partial charge in [0.1, 0.15) is 22.8 Å². The standard InChI is InChI=1S/C15H11FN2O2/c16-12-5-1-3-10-6-7-13(18-14(10)12)15(19)17-9-11-4-2-8-20-11/h1-8H,9H2,(H,17,19). The second-order valence-electron chi connectivity index (χ2n) is 4.27. The normalized spacial score (nSPS) is 10.7. The number of hydrogen-bond acceptors (Lipinski definition) is 3. The molecule has 0 aliphatic rings. The van der Waals surface area contributed by atoms with Crippen LogP contribution in [-0.2, 0) is 6.54 Å². The van der Waals surface area contributed by atoms with Crippen molar-refractivity contribution in [1.82, 2.24) is 10.3 Å². The summed E-state index contributed by atoms with van der Waals surface area (Å²) < 4.78 is 18.7. The zero-order valence-electron chi connectivity index (χ0n) is 10.5. The number of halogens is 1. The molecule has 1 amide bonds. The first kappa shape index (κ1) is 12.3. The van der Waals surface area contributed by atoms with Crippen LogP contribution in [0.3, 0.4) is 0 Å². The number of carbonyl (C=O) groups is 1. The van der Waals surface area contributed by atoms with Crippen LogP contribution >= 0.6 is 0 Å². The van der Waals surface area contributed by atoms with Gasteiger partial charge in [0.2, 0.25) is 0 Å². The summed E-state index contributed by atoms with van der Waals surface area (Å²) in [6.07, 6.45) is 1.53. The van der Waals surface area contributed by atoms with Crippen molar-refractivity contribution < 1.29 is 13.6 Å². The van der Waals surface area contributed by atoms with E-state index in [2.05, 4.69) is 10.3 Å². The van der Waals surface area contributed by atoms with Gasteiger partial charge in [-0.25, -0.2) is 9.37 Å². The lowest BCUT2D eigenvalue weighted by atomic mass is 10.2. The Bertz CT molecular complexity index is 754. The average Bonchev–Trinajstić information content (AvgIpc) is 2.98. The monoisotopic (exact) mass is 270 g/mol. The Morgan fingerprint density at radius 2 is 2.10 bits per heavy atom. The quantitative estimate of drug-likeness (QED) is 0.796. The molecule has 0 bridgehead atoms. The van der Waals surface area contributed by atoms with E-state index in [1.165, 1.54) is 12.3 Å². The van der Waals surface area contributed by atoms with E-state index in [0.29, 0.717) is 11.1 Å². The van der Waals surface area contributed by atoms with E-state index in [1.54, 1.807) is 36.4 Å². The maximum Gasteiger partial charge on any atom is 0.270 e. The highest BCUT2D eigenvalue weighted by molar-refractivity contribution is 5.94. The van der Waals surface area contributed by atoms with Crippen molar-refractivity contribution in [2.24, 2.45) is 0 Å². The molecule has 20 heavy (non-hydrogen) atoms. The molecule has 3 aromatic rings. The van der Waals surface area contributed by atoms with Crippen molar-refractivity contribution >= 4 is 16.8 Å². The molecule has 100 valence electrons. The smallest absolute Gasteiger partial charge is 0.270 e. The van der Waals surface area contributed by atoms with Crippen LogP contribution in [0.15, 0.2) is 53.1 Å². The van der Waals surface area contributed by atoms with E-state index in [0.717, 1.165) is 0 Å². The zero-order chi connectivity index (χ0) is 13.9. The van der Waals surface area contributed by atoms with E-state index in [9.17, 15) is 9.18 Å². The average molecular weight is 270 g/mol. The van der Waals surface area contributed by atoms with Crippen molar-refractivity contribution in [2.75, 3.05) is 0 Å². The van der Waals surface area contributed by atoms with Crippen LogP contribution in [0.1, 0.15) is 16.2 Å². The molecule has 1 aromatic carbocycles. The van der Waals surface area contributed by atoms with Gasteiger partial charge in [-0.2, -0.15) is 0 Å². The number of para-hydroxylation sites is 1. The van der Waals surface area contributed by atoms with Crippen molar-refractivity contribution in [3.05, 3.63) is 66.0 Å². The van der Waals surface area contributed by atoms with Gasteiger partial charge in [0.25, 0.3) is 5.91 Å². The fraction of sp³-hybridized carbons (Fsp3) is 0.0667. The second-order valence-corrected chi connectivity index (χ2v) is 4.27. The Morgan fingerprint density at radius 1 is 1.20 bits per heavy atom. The number of hydrogen-bond donors (Lipinski definition) is 1. The molecule has 0 atom stereocenters. The second kappa shape index (κ2) is 5.13. The zero-order valence-corrected chi connectivity index (χ0v) is 10.5. The fourth-order valence-corrected chi connectivity index (χ4v) is 1.91. The number of nitrogens with zero attached hydrogens (tertiary/aromatic N) is 1. The molecule has 0 saturated heterocycles. The third kappa shape index (κ3) is 2.38. The molecule has 0 radical (unpaired) electrons. The third-order valence-electron chi connectivity index (χ3n) is 2.91. The highest BCUT2D eigenvalue weighted by Gasteiger charge is 2.10. The van der Waals surface area contributed by atoms with Crippen molar-refractivity contribution in [2.45, 2.75) is 6.54 Å². The summed E-state index contributed by atoms with van der Waals surface area (Å²) in [5.74, 6) is -0.167. The summed E-state index contributed by atoms with van der Waals surface area (Å²) in [5, 5.41) is 3.33. The molecule has 0 unspecified atom stereocenters. The number of benzene rings is 1. The molecule has 0 aliphatic heterocycles. The highest BCUT2D eigenvalue weighted by atomic mass is 19.1. The van der Waals surface area contributed by atoms with E-state index in [4.69, 9.17) is 4.42 Å². The van der Waals surface area contributed by atoms with Crippen LogP contribution < -0.4 is 5.32 Å². The molecular weight excluding hydrogens is 259 g/mol. The SMILES string of the molecule is O=C(NCc1ccco1)c1ccc2cccc(F)c2n1. The largest absolute Gasteiger partial charge is 0.467 e. The third-order valence-corrected chi connectivity index (χ3v) is 2.91. The van der Waals surface area contributed by atoms with Gasteiger partial charge in [-0.15, -0.1) is 0 Å². The number of carbonyl (C=O) groups excluding carboxylic acids is 1. The van der Waals surface area contributed by atoms with Gasteiger partial charge in [0, 0.05) is 5.39 Å². The van der Waals surface area contributed by atoms with Gasteiger partial charge >= 0.3 is 0 Å². The van der Waals surface area contributed by atoms with Gasteiger partial charge in [-0.3, -0.25) is 4.79 Å². The van der Waals surface area contributed by atoms with Gasteiger partial charge in [-0.1, -0.05) is 18.2 Å². The molecule has 5 heteroatoms. The minimum atomic E-state index is -0.441. The van der Waals surface area contributed by atoms with Crippen LogP contribution in [0.25, 0.3) is 10.9 Å². The van der Waals surface area contributed by atoms with Crippen molar-refractivity contribution in [1.29, 1.82) is 0 Å². The molecule has 4 nitrogen and oxygen atoms in total. The van der Waals surface area contributed by atoms with Gasteiger partial charge < -0.3 is 9.73 Å².